The van der Waals surface area contributed by atoms with Crippen molar-refractivity contribution >= 4 is 39.4 Å². The molecule has 1 fully saturated rings. The van der Waals surface area contributed by atoms with Crippen molar-refractivity contribution in [2.24, 2.45) is 5.73 Å². The molecule has 3 aromatic rings. The van der Waals surface area contributed by atoms with E-state index in [1.807, 2.05) is 17.0 Å². The van der Waals surface area contributed by atoms with Crippen molar-refractivity contribution in [3.05, 3.63) is 56.7 Å². The number of amides is 1. The molecule has 1 aromatic carbocycles. The van der Waals surface area contributed by atoms with Crippen molar-refractivity contribution < 1.29 is 14.3 Å². The average molecular weight is 523 g/mol. The van der Waals surface area contributed by atoms with Crippen molar-refractivity contribution in [2.75, 3.05) is 31.1 Å². The molecule has 4 rings (SSSR count). The number of carbonyl (C=O) groups is 2. The van der Waals surface area contributed by atoms with Crippen LogP contribution in [0.4, 0.5) is 5.95 Å². The quantitative estimate of drug-likeness (QED) is 0.322. The van der Waals surface area contributed by atoms with Gasteiger partial charge in [-0.25, -0.2) is 4.98 Å². The first kappa shape index (κ1) is 26.3. The van der Waals surface area contributed by atoms with Crippen molar-refractivity contribution in [3.63, 3.8) is 0 Å². The van der Waals surface area contributed by atoms with Gasteiger partial charge in [-0.15, -0.1) is 11.3 Å². The van der Waals surface area contributed by atoms with Gasteiger partial charge in [0, 0.05) is 37.5 Å². The number of piperidine rings is 1. The predicted molar refractivity (Wildman–Crippen MR) is 142 cm³/mol. The van der Waals surface area contributed by atoms with Crippen molar-refractivity contribution in [2.45, 2.75) is 45.2 Å². The molecule has 1 aliphatic heterocycles. The van der Waals surface area contributed by atoms with Crippen LogP contribution in [0.25, 0.3) is 10.2 Å². The van der Waals surface area contributed by atoms with Gasteiger partial charge in [0.1, 0.15) is 10.2 Å². The van der Waals surface area contributed by atoms with E-state index >= 15 is 0 Å². The van der Waals surface area contributed by atoms with Crippen molar-refractivity contribution in [3.8, 4) is 6.07 Å². The third kappa shape index (κ3) is 5.98. The number of fused-ring (bicyclic) bond motifs is 1. The molecule has 0 aliphatic carbocycles. The maximum absolute atomic E-state index is 13.7. The Morgan fingerprint density at radius 3 is 2.92 bits per heavy atom. The van der Waals surface area contributed by atoms with Crippen LogP contribution in [-0.2, 0) is 16.1 Å². The summed E-state index contributed by atoms with van der Waals surface area (Å²) in [7, 11) is 0. The van der Waals surface area contributed by atoms with Gasteiger partial charge in [0.15, 0.2) is 0 Å². The summed E-state index contributed by atoms with van der Waals surface area (Å²) in [5.41, 5.74) is 7.84. The van der Waals surface area contributed by atoms with Gasteiger partial charge >= 0.3 is 5.97 Å². The summed E-state index contributed by atoms with van der Waals surface area (Å²) >= 11 is 1.17. The number of nitriles is 1. The second-order valence-corrected chi connectivity index (χ2v) is 9.79. The third-order valence-electron chi connectivity index (χ3n) is 6.26. The minimum Gasteiger partial charge on any atom is -0.466 e. The van der Waals surface area contributed by atoms with Crippen LogP contribution in [0, 0.1) is 11.3 Å². The number of ether oxygens (including phenoxy) is 1. The highest BCUT2D eigenvalue weighted by Gasteiger charge is 2.25. The van der Waals surface area contributed by atoms with Gasteiger partial charge in [0.05, 0.1) is 30.3 Å². The van der Waals surface area contributed by atoms with E-state index < -0.39 is 0 Å². The van der Waals surface area contributed by atoms with Crippen LogP contribution in [-0.4, -0.2) is 53.7 Å². The maximum Gasteiger partial charge on any atom is 0.305 e. The fourth-order valence-electron chi connectivity index (χ4n) is 4.43. The number of nitrogens with two attached hydrogens (primary N) is 1. The number of carbonyl (C=O) groups excluding carboxylic acids is 2. The summed E-state index contributed by atoms with van der Waals surface area (Å²) in [6.45, 7) is 3.77. The molecular weight excluding hydrogens is 492 g/mol. The Labute approximate surface area is 218 Å². The Kier molecular flexibility index (Phi) is 8.53. The Morgan fingerprint density at radius 1 is 1.35 bits per heavy atom. The van der Waals surface area contributed by atoms with E-state index in [4.69, 9.17) is 15.5 Å². The molecule has 0 spiro atoms. The summed E-state index contributed by atoms with van der Waals surface area (Å²) in [5, 5.41) is 14.0. The topological polar surface area (TPSA) is 143 Å². The summed E-state index contributed by atoms with van der Waals surface area (Å²) in [4.78, 5) is 45.0. The minimum absolute atomic E-state index is 0.0502. The summed E-state index contributed by atoms with van der Waals surface area (Å²) < 4.78 is 6.86. The molecule has 1 aliphatic rings. The van der Waals surface area contributed by atoms with E-state index in [-0.39, 0.29) is 36.4 Å². The Morgan fingerprint density at radius 2 is 2.16 bits per heavy atom. The number of rotatable bonds is 9. The number of hydrogen-bond acceptors (Lipinski definition) is 9. The SMILES string of the molecule is CCOC(=O)CCCNC(=O)c1csc2c(=O)n(Cc3ccccc3C#N)c(N3CCCC(N)C3)nc12. The van der Waals surface area contributed by atoms with Crippen LogP contribution in [0.1, 0.15) is 54.1 Å². The van der Waals surface area contributed by atoms with Gasteiger partial charge in [-0.1, -0.05) is 18.2 Å². The van der Waals surface area contributed by atoms with Crippen LogP contribution in [0.5, 0.6) is 0 Å². The zero-order valence-corrected chi connectivity index (χ0v) is 21.6. The largest absolute Gasteiger partial charge is 0.466 e. The highest BCUT2D eigenvalue weighted by molar-refractivity contribution is 7.17. The molecule has 1 amide bonds. The molecule has 1 atom stereocenters. The number of aromatic nitrogens is 2. The first-order valence-corrected chi connectivity index (χ1v) is 13.2. The van der Waals surface area contributed by atoms with Gasteiger partial charge < -0.3 is 20.7 Å². The van der Waals surface area contributed by atoms with E-state index in [9.17, 15) is 19.6 Å². The van der Waals surface area contributed by atoms with Crippen molar-refractivity contribution in [1.29, 1.82) is 5.26 Å². The highest BCUT2D eigenvalue weighted by Crippen LogP contribution is 2.26. The first-order valence-electron chi connectivity index (χ1n) is 12.4. The maximum atomic E-state index is 13.7. The van der Waals surface area contributed by atoms with Crippen LogP contribution in [0.15, 0.2) is 34.4 Å². The smallest absolute Gasteiger partial charge is 0.305 e. The lowest BCUT2D eigenvalue weighted by Crippen LogP contribution is -2.45. The van der Waals surface area contributed by atoms with Gasteiger partial charge in [-0.05, 0) is 37.8 Å². The van der Waals surface area contributed by atoms with Gasteiger partial charge in [0.2, 0.25) is 5.95 Å². The number of thiophene rings is 1. The van der Waals surface area contributed by atoms with E-state index in [0.29, 0.717) is 65.5 Å². The number of anilines is 1. The van der Waals surface area contributed by atoms with E-state index in [0.717, 1.165) is 12.8 Å². The zero-order valence-electron chi connectivity index (χ0n) is 20.7. The Hall–Kier alpha value is -3.75. The van der Waals surface area contributed by atoms with Crippen LogP contribution in [0.2, 0.25) is 0 Å². The van der Waals surface area contributed by atoms with Gasteiger partial charge in [-0.3, -0.25) is 19.0 Å². The molecule has 1 saturated heterocycles. The zero-order chi connectivity index (χ0) is 26.4. The molecular formula is C26H30N6O4S. The van der Waals surface area contributed by atoms with Crippen molar-refractivity contribution in [1.82, 2.24) is 14.9 Å². The molecule has 2 aromatic heterocycles. The van der Waals surface area contributed by atoms with E-state index in [1.165, 1.54) is 11.3 Å². The summed E-state index contributed by atoms with van der Waals surface area (Å²) in [6.07, 6.45) is 2.41. The molecule has 3 heterocycles. The van der Waals surface area contributed by atoms with Crippen LogP contribution >= 0.6 is 11.3 Å². The Balaban J connectivity index is 1.68. The predicted octanol–water partition coefficient (Wildman–Crippen LogP) is 2.38. The lowest BCUT2D eigenvalue weighted by atomic mass is 10.1. The molecule has 0 radical (unpaired) electrons. The molecule has 37 heavy (non-hydrogen) atoms. The lowest BCUT2D eigenvalue weighted by molar-refractivity contribution is -0.143. The third-order valence-corrected chi connectivity index (χ3v) is 7.21. The fourth-order valence-corrected chi connectivity index (χ4v) is 5.36. The molecule has 11 heteroatoms. The van der Waals surface area contributed by atoms with Gasteiger partial charge in [0.25, 0.3) is 11.5 Å². The Bertz CT molecular complexity index is 1390. The van der Waals surface area contributed by atoms with Crippen LogP contribution in [0.3, 0.4) is 0 Å². The van der Waals surface area contributed by atoms with Gasteiger partial charge in [-0.2, -0.15) is 5.26 Å². The molecule has 10 nitrogen and oxygen atoms in total. The first-order chi connectivity index (χ1) is 17.9. The molecule has 0 saturated carbocycles. The minimum atomic E-state index is -0.351. The molecule has 1 unspecified atom stereocenters. The molecule has 0 bridgehead atoms. The monoisotopic (exact) mass is 522 g/mol. The lowest BCUT2D eigenvalue weighted by Gasteiger charge is -2.33. The number of nitrogens with one attached hydrogen (secondary N) is 1. The standard InChI is InChI=1S/C26H30N6O4S/c1-2-36-21(33)10-5-11-29-24(34)20-16-37-23-22(20)30-26(31-12-6-9-19(28)15-31)32(25(23)35)14-18-8-4-3-7-17(18)13-27/h3-4,7-8,16,19H,2,5-6,9-12,14-15,28H2,1H3,(H,29,34). The molecule has 194 valence electrons. The highest BCUT2D eigenvalue weighted by atomic mass is 32.1. The number of benzene rings is 1. The van der Waals surface area contributed by atoms with Crippen LogP contribution < -0.4 is 21.5 Å². The second-order valence-electron chi connectivity index (χ2n) is 8.91. The normalized spacial score (nSPS) is 15.4. The number of esters is 1. The number of nitrogens with zero attached hydrogens (tertiary/aromatic N) is 4. The second kappa shape index (κ2) is 12.0. The van der Waals surface area contributed by atoms with E-state index in [1.54, 1.807) is 29.0 Å². The molecule has 3 N–H and O–H groups in total. The number of hydrogen-bond donors (Lipinski definition) is 2. The summed E-state index contributed by atoms with van der Waals surface area (Å²) in [6, 6.07) is 9.30. The average Bonchev–Trinajstić information content (AvgIpc) is 3.33. The fraction of sp³-hybridized carbons (Fsp3) is 0.423. The summed E-state index contributed by atoms with van der Waals surface area (Å²) in [5.74, 6) is -0.215. The van der Waals surface area contributed by atoms with E-state index in [2.05, 4.69) is 11.4 Å².